The van der Waals surface area contributed by atoms with E-state index in [9.17, 15) is 14.7 Å². The predicted molar refractivity (Wildman–Crippen MR) is 130 cm³/mol. The Morgan fingerprint density at radius 2 is 2.17 bits per heavy atom. The van der Waals surface area contributed by atoms with Gasteiger partial charge in [-0.05, 0) is 41.3 Å². The van der Waals surface area contributed by atoms with Gasteiger partial charge in [0.05, 0.1) is 18.4 Å². The highest BCUT2D eigenvalue weighted by Gasteiger charge is 2.35. The Balaban J connectivity index is 1.49. The summed E-state index contributed by atoms with van der Waals surface area (Å²) in [5.74, 6) is 0.129. The summed E-state index contributed by atoms with van der Waals surface area (Å²) in [4.78, 5) is 27.5. The molecule has 2 aliphatic heterocycles. The lowest BCUT2D eigenvalue weighted by Crippen LogP contribution is -2.36. The van der Waals surface area contributed by atoms with E-state index in [1.54, 1.807) is 7.05 Å². The van der Waals surface area contributed by atoms with Crippen LogP contribution in [0.2, 0.25) is 0 Å². The van der Waals surface area contributed by atoms with Crippen LogP contribution in [-0.2, 0) is 22.6 Å². The maximum absolute atomic E-state index is 13.4. The highest BCUT2D eigenvalue weighted by atomic mass is 16.5. The molecule has 188 valence electrons. The normalized spacial score (nSPS) is 18.9. The number of amides is 2. The van der Waals surface area contributed by atoms with E-state index in [1.807, 2.05) is 42.5 Å². The van der Waals surface area contributed by atoms with E-state index in [4.69, 9.17) is 4.74 Å². The Kier molecular flexibility index (Phi) is 6.92. The molecule has 0 aliphatic carbocycles. The van der Waals surface area contributed by atoms with Gasteiger partial charge in [-0.2, -0.15) is 5.21 Å². The molecule has 1 aromatic heterocycles. The lowest BCUT2D eigenvalue weighted by Gasteiger charge is -2.31. The van der Waals surface area contributed by atoms with Crippen molar-refractivity contribution in [3.05, 3.63) is 65.0 Å². The van der Waals surface area contributed by atoms with E-state index in [2.05, 4.69) is 36.2 Å². The minimum atomic E-state index is -0.525. The first-order valence-electron chi connectivity index (χ1n) is 12.0. The molecule has 0 bridgehead atoms. The Labute approximate surface area is 208 Å². The summed E-state index contributed by atoms with van der Waals surface area (Å²) in [6, 6.07) is 13.4. The number of hydrogen-bond donors (Lipinski definition) is 4. The molecular weight excluding hydrogens is 462 g/mol. The first-order valence-corrected chi connectivity index (χ1v) is 12.0. The Hall–Kier alpha value is -3.83. The van der Waals surface area contributed by atoms with Gasteiger partial charge in [-0.25, -0.2) is 0 Å². The smallest absolute Gasteiger partial charge is 0.228 e. The number of benzene rings is 2. The largest absolute Gasteiger partial charge is 0.485 e. The molecule has 4 N–H and O–H groups in total. The minimum absolute atomic E-state index is 0.0484. The van der Waals surface area contributed by atoms with Crippen LogP contribution in [0.5, 0.6) is 5.75 Å². The van der Waals surface area contributed by atoms with Crippen LogP contribution < -0.4 is 15.4 Å². The SMILES string of the molecule is CNC(=O)C(c1ccc2c(c1)NC(=O)C2)[C@H](CN1CC[C@H](O)C1)c1cccc(OCc2nn[nH]n2)c1. The third-order valence-electron chi connectivity index (χ3n) is 6.80. The molecule has 5 rings (SSSR count). The van der Waals surface area contributed by atoms with Crippen LogP contribution in [0.4, 0.5) is 5.69 Å². The monoisotopic (exact) mass is 491 g/mol. The zero-order valence-corrected chi connectivity index (χ0v) is 20.0. The van der Waals surface area contributed by atoms with Gasteiger partial charge in [0.1, 0.15) is 5.75 Å². The van der Waals surface area contributed by atoms with E-state index < -0.39 is 5.92 Å². The van der Waals surface area contributed by atoms with Gasteiger partial charge < -0.3 is 25.4 Å². The molecule has 3 aromatic rings. The zero-order chi connectivity index (χ0) is 25.1. The van der Waals surface area contributed by atoms with E-state index in [0.29, 0.717) is 37.5 Å². The molecule has 2 amide bonds. The fourth-order valence-electron chi connectivity index (χ4n) is 5.03. The first kappa shape index (κ1) is 23.9. The summed E-state index contributed by atoms with van der Waals surface area (Å²) in [7, 11) is 1.63. The number of ether oxygens (including phenoxy) is 1. The number of aromatic amines is 1. The molecule has 3 atom stereocenters. The Bertz CT molecular complexity index is 1230. The number of anilines is 1. The van der Waals surface area contributed by atoms with Crippen molar-refractivity contribution in [2.75, 3.05) is 32.0 Å². The van der Waals surface area contributed by atoms with Crippen LogP contribution in [0, 0.1) is 0 Å². The van der Waals surface area contributed by atoms with Crippen LogP contribution in [0.1, 0.15) is 40.8 Å². The quantitative estimate of drug-likeness (QED) is 0.346. The number of aliphatic hydroxyl groups is 1. The second kappa shape index (κ2) is 10.4. The van der Waals surface area contributed by atoms with Gasteiger partial charge in [0.15, 0.2) is 6.61 Å². The van der Waals surface area contributed by atoms with Gasteiger partial charge in [-0.15, -0.1) is 10.2 Å². The fraction of sp³-hybridized carbons (Fsp3) is 0.400. The average Bonchev–Trinajstić information content (AvgIpc) is 3.63. The number of likely N-dealkylation sites (tertiary alicyclic amines) is 1. The summed E-state index contributed by atoms with van der Waals surface area (Å²) in [6.45, 7) is 2.05. The van der Waals surface area contributed by atoms with Crippen LogP contribution in [0.15, 0.2) is 42.5 Å². The van der Waals surface area contributed by atoms with Crippen LogP contribution in [0.3, 0.4) is 0 Å². The number of aromatic nitrogens is 4. The second-order valence-electron chi connectivity index (χ2n) is 9.23. The van der Waals surface area contributed by atoms with Crippen molar-refractivity contribution < 1.29 is 19.4 Å². The molecule has 36 heavy (non-hydrogen) atoms. The third-order valence-corrected chi connectivity index (χ3v) is 6.80. The van der Waals surface area contributed by atoms with Gasteiger partial charge >= 0.3 is 0 Å². The average molecular weight is 492 g/mol. The maximum Gasteiger partial charge on any atom is 0.228 e. The van der Waals surface area contributed by atoms with Gasteiger partial charge in [-0.3, -0.25) is 9.59 Å². The van der Waals surface area contributed by atoms with Crippen molar-refractivity contribution in [3.63, 3.8) is 0 Å². The van der Waals surface area contributed by atoms with Crippen LogP contribution in [-0.4, -0.2) is 75.2 Å². The molecule has 1 saturated heterocycles. The minimum Gasteiger partial charge on any atom is -0.485 e. The molecular formula is C25H29N7O4. The van der Waals surface area contributed by atoms with E-state index in [-0.39, 0.29) is 30.4 Å². The summed E-state index contributed by atoms with van der Waals surface area (Å²) < 4.78 is 5.89. The number of tetrazole rings is 1. The fourth-order valence-corrected chi connectivity index (χ4v) is 5.03. The topological polar surface area (TPSA) is 145 Å². The van der Waals surface area contributed by atoms with E-state index in [1.165, 1.54) is 0 Å². The van der Waals surface area contributed by atoms with Crippen molar-refractivity contribution in [2.45, 2.75) is 37.4 Å². The van der Waals surface area contributed by atoms with Crippen LogP contribution >= 0.6 is 0 Å². The molecule has 0 radical (unpaired) electrons. The third kappa shape index (κ3) is 5.21. The molecule has 11 heteroatoms. The molecule has 2 aliphatic rings. The Morgan fingerprint density at radius 1 is 1.28 bits per heavy atom. The zero-order valence-electron chi connectivity index (χ0n) is 20.0. The molecule has 1 fully saturated rings. The first-order chi connectivity index (χ1) is 17.5. The molecule has 2 aromatic carbocycles. The van der Waals surface area contributed by atoms with E-state index in [0.717, 1.165) is 28.9 Å². The molecule has 0 spiro atoms. The van der Waals surface area contributed by atoms with Crippen molar-refractivity contribution in [1.29, 1.82) is 0 Å². The number of nitrogens with zero attached hydrogens (tertiary/aromatic N) is 4. The van der Waals surface area contributed by atoms with Crippen molar-refractivity contribution in [1.82, 2.24) is 30.8 Å². The number of likely N-dealkylation sites (N-methyl/N-ethyl adjacent to an activating group) is 1. The lowest BCUT2D eigenvalue weighted by molar-refractivity contribution is -0.122. The summed E-state index contributed by atoms with van der Waals surface area (Å²) in [5, 5.41) is 29.6. The Morgan fingerprint density at radius 3 is 2.92 bits per heavy atom. The summed E-state index contributed by atoms with van der Waals surface area (Å²) in [6.07, 6.45) is 0.675. The summed E-state index contributed by atoms with van der Waals surface area (Å²) in [5.41, 5.74) is 3.42. The van der Waals surface area contributed by atoms with Crippen molar-refractivity contribution in [2.24, 2.45) is 0 Å². The molecule has 0 saturated carbocycles. The number of hydrogen-bond acceptors (Lipinski definition) is 8. The number of H-pyrrole nitrogens is 1. The number of carbonyl (C=O) groups excluding carboxylic acids is 2. The lowest BCUT2D eigenvalue weighted by atomic mass is 9.79. The van der Waals surface area contributed by atoms with E-state index >= 15 is 0 Å². The number of fused-ring (bicyclic) bond motifs is 1. The van der Waals surface area contributed by atoms with Gasteiger partial charge in [0, 0.05) is 38.3 Å². The predicted octanol–water partition coefficient (Wildman–Crippen LogP) is 0.953. The van der Waals surface area contributed by atoms with Crippen LogP contribution in [0.25, 0.3) is 0 Å². The number of rotatable bonds is 9. The van der Waals surface area contributed by atoms with Gasteiger partial charge in [0.2, 0.25) is 17.6 Å². The van der Waals surface area contributed by atoms with Crippen molar-refractivity contribution in [3.8, 4) is 5.75 Å². The van der Waals surface area contributed by atoms with Gasteiger partial charge in [-0.1, -0.05) is 29.5 Å². The molecule has 11 nitrogen and oxygen atoms in total. The maximum atomic E-state index is 13.4. The summed E-state index contributed by atoms with van der Waals surface area (Å²) >= 11 is 0. The number of aliphatic hydroxyl groups excluding tert-OH is 1. The highest BCUT2D eigenvalue weighted by molar-refractivity contribution is 5.99. The van der Waals surface area contributed by atoms with Gasteiger partial charge in [0.25, 0.3) is 0 Å². The number of nitrogens with one attached hydrogen (secondary N) is 3. The van der Waals surface area contributed by atoms with Crippen molar-refractivity contribution >= 4 is 17.5 Å². The number of carbonyl (C=O) groups is 2. The molecule has 3 heterocycles. The number of β-amino-alcohol motifs (C(OH)–C–C–N with tert-alkyl or cyclic N) is 1. The second-order valence-corrected chi connectivity index (χ2v) is 9.23. The molecule has 1 unspecified atom stereocenters. The standard InChI is InChI=1S/C25H29N7O4/c1-26-25(35)24(17-6-5-16-11-23(34)27-21(16)10-17)20(13-32-8-7-18(33)12-32)15-3-2-4-19(9-15)36-14-22-28-30-31-29-22/h2-6,9-10,18,20,24,33H,7-8,11-14H2,1H3,(H,26,35)(H,27,34)(H,28,29,30,31)/t18-,20+,24?/m0/s1. The highest BCUT2D eigenvalue weighted by Crippen LogP contribution is 2.38.